The smallest absolute Gasteiger partial charge is 0.318 e. The minimum Gasteiger partial charge on any atom is -0.351 e. The minimum absolute atomic E-state index is 0.110. The highest BCUT2D eigenvalue weighted by molar-refractivity contribution is 5.90. The van der Waals surface area contributed by atoms with Gasteiger partial charge in [-0.2, -0.15) is 0 Å². The molecule has 82 valence electrons. The van der Waals surface area contributed by atoms with E-state index < -0.39 is 6.03 Å². The van der Waals surface area contributed by atoms with E-state index in [2.05, 4.69) is 0 Å². The molecule has 4 nitrogen and oxygen atoms in total. The Balaban J connectivity index is 2.87. The number of amides is 2. The maximum Gasteiger partial charge on any atom is 0.318 e. The van der Waals surface area contributed by atoms with Crippen LogP contribution in [0.25, 0.3) is 0 Å². The molecule has 0 radical (unpaired) electrons. The summed E-state index contributed by atoms with van der Waals surface area (Å²) in [5.74, 6) is 0. The number of nitrogens with two attached hydrogens (primary N) is 2. The first-order chi connectivity index (χ1) is 7.00. The fraction of sp³-hybridized carbons (Fsp3) is 0.364. The van der Waals surface area contributed by atoms with E-state index in [9.17, 15) is 4.79 Å². The fourth-order valence-electron chi connectivity index (χ4n) is 1.39. The van der Waals surface area contributed by atoms with Crippen molar-refractivity contribution in [3.8, 4) is 0 Å². The lowest BCUT2D eigenvalue weighted by Crippen LogP contribution is -2.31. The average molecular weight is 207 g/mol. The summed E-state index contributed by atoms with van der Waals surface area (Å²) in [6.45, 7) is 1.95. The highest BCUT2D eigenvalue weighted by atomic mass is 16.2. The van der Waals surface area contributed by atoms with Gasteiger partial charge in [-0.1, -0.05) is 12.1 Å². The predicted octanol–water partition coefficient (Wildman–Crippen LogP) is 1.09. The first-order valence-corrected chi connectivity index (χ1v) is 4.88. The van der Waals surface area contributed by atoms with Crippen LogP contribution in [0.5, 0.6) is 0 Å². The standard InChI is InChI=1S/C11H17N3O/c1-8(12)6-9-4-3-5-10(7-9)14(2)11(13)15/h3-5,7-8H,6,12H2,1-2H3,(H2,13,15). The number of benzene rings is 1. The lowest BCUT2D eigenvalue weighted by molar-refractivity contribution is 0.255. The summed E-state index contributed by atoms with van der Waals surface area (Å²) in [4.78, 5) is 12.4. The van der Waals surface area contributed by atoms with Crippen LogP contribution in [-0.4, -0.2) is 19.1 Å². The molecule has 1 aromatic rings. The number of urea groups is 1. The van der Waals surface area contributed by atoms with Crippen LogP contribution >= 0.6 is 0 Å². The van der Waals surface area contributed by atoms with Crippen LogP contribution in [0.2, 0.25) is 0 Å². The van der Waals surface area contributed by atoms with E-state index in [1.54, 1.807) is 7.05 Å². The largest absolute Gasteiger partial charge is 0.351 e. The highest BCUT2D eigenvalue weighted by Gasteiger charge is 2.07. The van der Waals surface area contributed by atoms with Gasteiger partial charge in [-0.15, -0.1) is 0 Å². The number of nitrogens with zero attached hydrogens (tertiary/aromatic N) is 1. The molecule has 0 saturated carbocycles. The van der Waals surface area contributed by atoms with Crippen molar-refractivity contribution in [2.75, 3.05) is 11.9 Å². The number of hydrogen-bond donors (Lipinski definition) is 2. The molecule has 0 aliphatic carbocycles. The van der Waals surface area contributed by atoms with Gasteiger partial charge >= 0.3 is 6.03 Å². The van der Waals surface area contributed by atoms with Gasteiger partial charge in [-0.05, 0) is 31.0 Å². The van der Waals surface area contributed by atoms with Crippen molar-refractivity contribution in [3.05, 3.63) is 29.8 Å². The third-order valence-electron chi connectivity index (χ3n) is 2.19. The van der Waals surface area contributed by atoms with Crippen molar-refractivity contribution in [3.63, 3.8) is 0 Å². The molecule has 15 heavy (non-hydrogen) atoms. The molecule has 1 rings (SSSR count). The van der Waals surface area contributed by atoms with Crippen LogP contribution in [0, 0.1) is 0 Å². The Morgan fingerprint density at radius 2 is 2.20 bits per heavy atom. The van der Waals surface area contributed by atoms with Gasteiger partial charge < -0.3 is 11.5 Å². The average Bonchev–Trinajstić information content (AvgIpc) is 2.16. The first kappa shape index (κ1) is 11.5. The van der Waals surface area contributed by atoms with Gasteiger partial charge in [-0.25, -0.2) is 4.79 Å². The van der Waals surface area contributed by atoms with Gasteiger partial charge in [0, 0.05) is 18.8 Å². The van der Waals surface area contributed by atoms with E-state index in [0.29, 0.717) is 0 Å². The van der Waals surface area contributed by atoms with Gasteiger partial charge in [-0.3, -0.25) is 4.90 Å². The summed E-state index contributed by atoms with van der Waals surface area (Å²) in [5.41, 5.74) is 12.8. The molecule has 2 amide bonds. The number of carbonyl (C=O) groups is 1. The SMILES string of the molecule is CC(N)Cc1cccc(N(C)C(N)=O)c1. The predicted molar refractivity (Wildman–Crippen MR) is 61.8 cm³/mol. The molecule has 1 atom stereocenters. The normalized spacial score (nSPS) is 12.2. The summed E-state index contributed by atoms with van der Waals surface area (Å²) in [6, 6.07) is 7.30. The van der Waals surface area contributed by atoms with E-state index >= 15 is 0 Å². The monoisotopic (exact) mass is 207 g/mol. The zero-order valence-electron chi connectivity index (χ0n) is 9.10. The molecule has 1 unspecified atom stereocenters. The Labute approximate surface area is 89.9 Å². The van der Waals surface area contributed by atoms with Crippen LogP contribution < -0.4 is 16.4 Å². The van der Waals surface area contributed by atoms with E-state index in [1.165, 1.54) is 4.90 Å². The Bertz CT molecular complexity index is 349. The highest BCUT2D eigenvalue weighted by Crippen LogP contribution is 2.15. The molecule has 1 aromatic carbocycles. The van der Waals surface area contributed by atoms with E-state index in [1.807, 2.05) is 31.2 Å². The van der Waals surface area contributed by atoms with Gasteiger partial charge in [0.25, 0.3) is 0 Å². The second-order valence-electron chi connectivity index (χ2n) is 3.75. The topological polar surface area (TPSA) is 72.3 Å². The summed E-state index contributed by atoms with van der Waals surface area (Å²) in [6.07, 6.45) is 0.792. The molecule has 4 N–H and O–H groups in total. The number of hydrogen-bond acceptors (Lipinski definition) is 2. The van der Waals surface area contributed by atoms with Crippen LogP contribution in [0.1, 0.15) is 12.5 Å². The molecule has 0 spiro atoms. The van der Waals surface area contributed by atoms with E-state index in [0.717, 1.165) is 17.7 Å². The Morgan fingerprint density at radius 1 is 1.53 bits per heavy atom. The molecule has 0 aliphatic rings. The molecule has 0 aromatic heterocycles. The zero-order valence-corrected chi connectivity index (χ0v) is 9.10. The fourth-order valence-corrected chi connectivity index (χ4v) is 1.39. The summed E-state index contributed by atoms with van der Waals surface area (Å²) < 4.78 is 0. The van der Waals surface area contributed by atoms with Crippen molar-refractivity contribution < 1.29 is 4.79 Å². The molecule has 4 heteroatoms. The molecule has 0 fully saturated rings. The van der Waals surface area contributed by atoms with Crippen LogP contribution in [0.3, 0.4) is 0 Å². The molecule has 0 aliphatic heterocycles. The van der Waals surface area contributed by atoms with Crippen molar-refractivity contribution in [1.29, 1.82) is 0 Å². The Hall–Kier alpha value is -1.55. The molecule has 0 bridgehead atoms. The van der Waals surface area contributed by atoms with Crippen LogP contribution in [-0.2, 0) is 6.42 Å². The summed E-state index contributed by atoms with van der Waals surface area (Å²) in [5, 5.41) is 0. The number of primary amides is 1. The lowest BCUT2D eigenvalue weighted by atomic mass is 10.1. The maximum atomic E-state index is 11.0. The summed E-state index contributed by atoms with van der Waals surface area (Å²) >= 11 is 0. The first-order valence-electron chi connectivity index (χ1n) is 4.88. The summed E-state index contributed by atoms with van der Waals surface area (Å²) in [7, 11) is 1.65. The second kappa shape index (κ2) is 4.79. The number of rotatable bonds is 3. The van der Waals surface area contributed by atoms with Gasteiger partial charge in [0.05, 0.1) is 0 Å². The third-order valence-corrected chi connectivity index (χ3v) is 2.19. The van der Waals surface area contributed by atoms with E-state index in [-0.39, 0.29) is 6.04 Å². The quantitative estimate of drug-likeness (QED) is 0.778. The molecule has 0 saturated heterocycles. The van der Waals surface area contributed by atoms with Gasteiger partial charge in [0.1, 0.15) is 0 Å². The third kappa shape index (κ3) is 3.25. The second-order valence-corrected chi connectivity index (χ2v) is 3.75. The van der Waals surface area contributed by atoms with Gasteiger partial charge in [0.15, 0.2) is 0 Å². The zero-order chi connectivity index (χ0) is 11.4. The van der Waals surface area contributed by atoms with Crippen LogP contribution in [0.4, 0.5) is 10.5 Å². The molecular weight excluding hydrogens is 190 g/mol. The van der Waals surface area contributed by atoms with Crippen molar-refractivity contribution in [2.24, 2.45) is 11.5 Å². The van der Waals surface area contributed by atoms with Crippen molar-refractivity contribution in [2.45, 2.75) is 19.4 Å². The van der Waals surface area contributed by atoms with Crippen molar-refractivity contribution in [1.82, 2.24) is 0 Å². The minimum atomic E-state index is -0.465. The maximum absolute atomic E-state index is 11.0. The molecule has 0 heterocycles. The number of anilines is 1. The molecular formula is C11H17N3O. The van der Waals surface area contributed by atoms with Crippen molar-refractivity contribution >= 4 is 11.7 Å². The van der Waals surface area contributed by atoms with E-state index in [4.69, 9.17) is 11.5 Å². The van der Waals surface area contributed by atoms with Crippen LogP contribution in [0.15, 0.2) is 24.3 Å². The van der Waals surface area contributed by atoms with Gasteiger partial charge in [0.2, 0.25) is 0 Å². The number of carbonyl (C=O) groups excluding carboxylic acids is 1. The Kier molecular flexibility index (Phi) is 3.68. The lowest BCUT2D eigenvalue weighted by Gasteiger charge is -2.15. The Morgan fingerprint density at radius 3 is 2.73 bits per heavy atom.